The molecule has 0 aliphatic rings. The maximum Gasteiger partial charge on any atom is 0.347 e. The smallest absolute Gasteiger partial charge is 0.347 e. The first kappa shape index (κ1) is 21.3. The van der Waals surface area contributed by atoms with Gasteiger partial charge in [-0.3, -0.25) is 9.59 Å². The SMILES string of the molecule is COc1ccc(-c2oc3cc(C)oc(=O)c3c2CC(=O)NCC(=O)Nc2nccs2)cc1. The maximum atomic E-state index is 12.6. The Bertz CT molecular complexity index is 1320. The van der Waals surface area contributed by atoms with Crippen LogP contribution in [-0.2, 0) is 16.0 Å². The van der Waals surface area contributed by atoms with Crippen LogP contribution in [0, 0.1) is 6.92 Å². The molecule has 3 aromatic heterocycles. The van der Waals surface area contributed by atoms with Crippen LogP contribution in [0.4, 0.5) is 5.13 Å². The molecule has 4 rings (SSSR count). The first-order chi connectivity index (χ1) is 15.4. The number of furan rings is 1. The van der Waals surface area contributed by atoms with Crippen LogP contribution in [0.2, 0.25) is 0 Å². The number of carbonyl (C=O) groups is 2. The highest BCUT2D eigenvalue weighted by molar-refractivity contribution is 7.13. The Labute approximate surface area is 186 Å². The molecule has 0 fully saturated rings. The van der Waals surface area contributed by atoms with Crippen molar-refractivity contribution >= 4 is 39.3 Å². The highest BCUT2D eigenvalue weighted by atomic mass is 32.1. The topological polar surface area (TPSA) is 124 Å². The van der Waals surface area contributed by atoms with Gasteiger partial charge in [-0.25, -0.2) is 9.78 Å². The summed E-state index contributed by atoms with van der Waals surface area (Å²) in [4.78, 5) is 41.1. The van der Waals surface area contributed by atoms with E-state index in [1.807, 2.05) is 0 Å². The van der Waals surface area contributed by atoms with Crippen molar-refractivity contribution in [1.82, 2.24) is 10.3 Å². The van der Waals surface area contributed by atoms with E-state index in [-0.39, 0.29) is 18.4 Å². The molecule has 9 nitrogen and oxygen atoms in total. The van der Waals surface area contributed by atoms with Crippen LogP contribution in [0.15, 0.2) is 55.5 Å². The number of carbonyl (C=O) groups excluding carboxylic acids is 2. The zero-order chi connectivity index (χ0) is 22.7. The summed E-state index contributed by atoms with van der Waals surface area (Å²) in [6.45, 7) is 1.41. The molecule has 164 valence electrons. The molecular formula is C22H19N3O6S. The molecule has 1 aromatic carbocycles. The van der Waals surface area contributed by atoms with E-state index in [1.165, 1.54) is 11.3 Å². The van der Waals surface area contributed by atoms with E-state index in [0.717, 1.165) is 0 Å². The fourth-order valence-corrected chi connectivity index (χ4v) is 3.76. The minimum absolute atomic E-state index is 0.174. The predicted molar refractivity (Wildman–Crippen MR) is 119 cm³/mol. The summed E-state index contributed by atoms with van der Waals surface area (Å²) in [6.07, 6.45) is 1.39. The zero-order valence-electron chi connectivity index (χ0n) is 17.3. The Kier molecular flexibility index (Phi) is 6.04. The number of benzene rings is 1. The molecule has 0 unspecified atom stereocenters. The van der Waals surface area contributed by atoms with Gasteiger partial charge in [-0.2, -0.15) is 0 Å². The molecule has 0 spiro atoms. The number of hydrogen-bond donors (Lipinski definition) is 2. The summed E-state index contributed by atoms with van der Waals surface area (Å²) in [5, 5.41) is 7.52. The predicted octanol–water partition coefficient (Wildman–Crippen LogP) is 3.12. The molecule has 0 bridgehead atoms. The van der Waals surface area contributed by atoms with Gasteiger partial charge in [-0.1, -0.05) is 0 Å². The lowest BCUT2D eigenvalue weighted by Crippen LogP contribution is -2.33. The monoisotopic (exact) mass is 453 g/mol. The Balaban J connectivity index is 1.60. The van der Waals surface area contributed by atoms with E-state index in [2.05, 4.69) is 15.6 Å². The van der Waals surface area contributed by atoms with E-state index in [4.69, 9.17) is 13.6 Å². The van der Waals surface area contributed by atoms with E-state index < -0.39 is 17.4 Å². The first-order valence-electron chi connectivity index (χ1n) is 9.61. The van der Waals surface area contributed by atoms with Crippen molar-refractivity contribution in [1.29, 1.82) is 0 Å². The highest BCUT2D eigenvalue weighted by Gasteiger charge is 2.22. The van der Waals surface area contributed by atoms with Crippen molar-refractivity contribution < 1.29 is 23.2 Å². The summed E-state index contributed by atoms with van der Waals surface area (Å²) >= 11 is 1.27. The Morgan fingerprint density at radius 2 is 1.94 bits per heavy atom. The first-order valence-corrected chi connectivity index (χ1v) is 10.5. The van der Waals surface area contributed by atoms with Crippen LogP contribution in [0.3, 0.4) is 0 Å². The lowest BCUT2D eigenvalue weighted by atomic mass is 10.0. The molecule has 0 saturated carbocycles. The number of methoxy groups -OCH3 is 1. The minimum Gasteiger partial charge on any atom is -0.497 e. The van der Waals surface area contributed by atoms with Crippen molar-refractivity contribution in [3.8, 4) is 17.1 Å². The van der Waals surface area contributed by atoms with E-state index in [9.17, 15) is 14.4 Å². The normalized spacial score (nSPS) is 10.8. The molecule has 0 saturated heterocycles. The number of amides is 2. The molecule has 10 heteroatoms. The van der Waals surface area contributed by atoms with Crippen LogP contribution in [0.1, 0.15) is 11.3 Å². The van der Waals surface area contributed by atoms with Gasteiger partial charge in [0.1, 0.15) is 28.2 Å². The second kappa shape index (κ2) is 9.06. The van der Waals surface area contributed by atoms with Gasteiger partial charge in [0, 0.05) is 28.8 Å². The van der Waals surface area contributed by atoms with E-state index in [1.54, 1.807) is 55.9 Å². The third-order valence-corrected chi connectivity index (χ3v) is 5.33. The molecule has 32 heavy (non-hydrogen) atoms. The minimum atomic E-state index is -0.590. The average molecular weight is 453 g/mol. The summed E-state index contributed by atoms with van der Waals surface area (Å²) in [6, 6.07) is 8.65. The molecular weight excluding hydrogens is 434 g/mol. The fraction of sp³-hybridized carbons (Fsp3) is 0.182. The third kappa shape index (κ3) is 4.54. The molecule has 3 heterocycles. The Morgan fingerprint density at radius 3 is 2.62 bits per heavy atom. The number of fused-ring (bicyclic) bond motifs is 1. The van der Waals surface area contributed by atoms with Gasteiger partial charge in [0.2, 0.25) is 11.8 Å². The summed E-state index contributed by atoms with van der Waals surface area (Å²) < 4.78 is 16.4. The number of ether oxygens (including phenoxy) is 1. The average Bonchev–Trinajstić information content (AvgIpc) is 3.40. The maximum absolute atomic E-state index is 12.6. The van der Waals surface area contributed by atoms with Crippen molar-refractivity contribution in [2.45, 2.75) is 13.3 Å². The number of aromatic nitrogens is 1. The number of rotatable bonds is 7. The summed E-state index contributed by atoms with van der Waals surface area (Å²) in [5.41, 5.74) is 0.793. The van der Waals surface area contributed by atoms with Crippen LogP contribution >= 0.6 is 11.3 Å². The van der Waals surface area contributed by atoms with Gasteiger partial charge in [0.05, 0.1) is 20.1 Å². The molecule has 2 amide bonds. The second-order valence-electron chi connectivity index (χ2n) is 6.86. The molecule has 2 N–H and O–H groups in total. The summed E-state index contributed by atoms with van der Waals surface area (Å²) in [5.74, 6) is 0.577. The fourth-order valence-electron chi connectivity index (χ4n) is 3.22. The number of nitrogens with zero attached hydrogens (tertiary/aromatic N) is 1. The third-order valence-electron chi connectivity index (χ3n) is 4.64. The summed E-state index contributed by atoms with van der Waals surface area (Å²) in [7, 11) is 1.56. The number of hydrogen-bond acceptors (Lipinski definition) is 8. The van der Waals surface area contributed by atoms with Crippen LogP contribution in [0.25, 0.3) is 22.3 Å². The van der Waals surface area contributed by atoms with Crippen molar-refractivity contribution in [3.05, 3.63) is 63.7 Å². The van der Waals surface area contributed by atoms with Gasteiger partial charge in [-0.15, -0.1) is 11.3 Å². The van der Waals surface area contributed by atoms with Gasteiger partial charge < -0.3 is 24.2 Å². The van der Waals surface area contributed by atoms with Crippen molar-refractivity contribution in [3.63, 3.8) is 0 Å². The Hall–Kier alpha value is -3.92. The van der Waals surface area contributed by atoms with Gasteiger partial charge in [0.25, 0.3) is 0 Å². The number of thiazole rings is 1. The lowest BCUT2D eigenvalue weighted by Gasteiger charge is -2.07. The van der Waals surface area contributed by atoms with Crippen LogP contribution < -0.4 is 21.0 Å². The quantitative estimate of drug-likeness (QED) is 0.441. The van der Waals surface area contributed by atoms with Crippen molar-refractivity contribution in [2.75, 3.05) is 19.0 Å². The Morgan fingerprint density at radius 1 is 1.16 bits per heavy atom. The molecule has 0 atom stereocenters. The highest BCUT2D eigenvalue weighted by Crippen LogP contribution is 2.33. The largest absolute Gasteiger partial charge is 0.497 e. The van der Waals surface area contributed by atoms with Gasteiger partial charge in [0.15, 0.2) is 5.13 Å². The van der Waals surface area contributed by atoms with Gasteiger partial charge >= 0.3 is 5.63 Å². The molecule has 0 aliphatic heterocycles. The van der Waals surface area contributed by atoms with Gasteiger partial charge in [-0.05, 0) is 31.2 Å². The lowest BCUT2D eigenvalue weighted by molar-refractivity contribution is -0.123. The zero-order valence-corrected chi connectivity index (χ0v) is 18.1. The standard InChI is InChI=1S/C22H19N3O6S/c1-12-9-16-19(21(28)30-12)15(20(31-16)13-3-5-14(29-2)6-4-13)10-17(26)24-11-18(27)25-22-23-7-8-32-22/h3-9H,10-11H2,1-2H3,(H,24,26)(H,23,25,27). The molecule has 0 aliphatic carbocycles. The number of nitrogens with one attached hydrogen (secondary N) is 2. The molecule has 4 aromatic rings. The van der Waals surface area contributed by atoms with Crippen LogP contribution in [-0.4, -0.2) is 30.5 Å². The number of anilines is 1. The second-order valence-corrected chi connectivity index (χ2v) is 7.76. The van der Waals surface area contributed by atoms with E-state index >= 15 is 0 Å². The molecule has 0 radical (unpaired) electrons. The van der Waals surface area contributed by atoms with Crippen LogP contribution in [0.5, 0.6) is 5.75 Å². The van der Waals surface area contributed by atoms with Crippen molar-refractivity contribution in [2.24, 2.45) is 0 Å². The number of aryl methyl sites for hydroxylation is 1. The van der Waals surface area contributed by atoms with E-state index in [0.29, 0.717) is 39.1 Å².